The lowest BCUT2D eigenvalue weighted by Crippen LogP contribution is -2.34. The number of rotatable bonds is 2. The second-order valence-corrected chi connectivity index (χ2v) is 9.35. The largest absolute Gasteiger partial charge is 0.494 e. The Labute approximate surface area is 208 Å². The molecule has 3 atom stereocenters. The predicted molar refractivity (Wildman–Crippen MR) is 136 cm³/mol. The highest BCUT2D eigenvalue weighted by molar-refractivity contribution is 5.94. The Morgan fingerprint density at radius 1 is 0.857 bits per heavy atom. The summed E-state index contributed by atoms with van der Waals surface area (Å²) in [4.78, 5) is 30.3. The second-order valence-electron chi connectivity index (χ2n) is 9.35. The van der Waals surface area contributed by atoms with Gasteiger partial charge in [0.25, 0.3) is 5.91 Å². The van der Waals surface area contributed by atoms with E-state index in [2.05, 4.69) is 15.1 Å². The fraction of sp³-hybridized carbons (Fsp3) is 0.500. The molecule has 1 amide bonds. The van der Waals surface area contributed by atoms with Gasteiger partial charge in [-0.15, -0.1) is 0 Å². The number of hydrogen-bond donors (Lipinski definition) is 1. The average Bonchev–Trinajstić information content (AvgIpc) is 3.12. The summed E-state index contributed by atoms with van der Waals surface area (Å²) < 4.78 is 11.9. The normalized spacial score (nSPS) is 24.6. The van der Waals surface area contributed by atoms with Crippen LogP contribution in [0.4, 0.5) is 0 Å². The van der Waals surface area contributed by atoms with Gasteiger partial charge in [-0.05, 0) is 82.1 Å². The van der Waals surface area contributed by atoms with Gasteiger partial charge in [0.05, 0.1) is 12.2 Å². The molecule has 1 saturated heterocycles. The van der Waals surface area contributed by atoms with Gasteiger partial charge >= 0.3 is 5.97 Å². The van der Waals surface area contributed by atoms with Crippen LogP contribution in [-0.2, 0) is 4.74 Å². The number of nitrogens with one attached hydrogen (secondary N) is 1. The maximum absolute atomic E-state index is 12.7. The van der Waals surface area contributed by atoms with Crippen LogP contribution in [0.25, 0.3) is 0 Å². The Bertz CT molecular complexity index is 952. The molecule has 2 aromatic rings. The van der Waals surface area contributed by atoms with Crippen LogP contribution >= 0.6 is 0 Å². The van der Waals surface area contributed by atoms with Crippen molar-refractivity contribution in [3.8, 4) is 5.75 Å². The maximum atomic E-state index is 12.7. The van der Waals surface area contributed by atoms with Crippen molar-refractivity contribution < 1.29 is 19.1 Å². The molecule has 35 heavy (non-hydrogen) atoms. The minimum absolute atomic E-state index is 0.0664. The topological polar surface area (TPSA) is 71.1 Å². The first-order chi connectivity index (χ1) is 17.2. The Morgan fingerprint density at radius 3 is 2.46 bits per heavy atom. The fourth-order valence-corrected chi connectivity index (χ4v) is 4.69. The van der Waals surface area contributed by atoms with Crippen LogP contribution < -0.4 is 10.1 Å². The van der Waals surface area contributed by atoms with Gasteiger partial charge < -0.3 is 24.6 Å². The minimum Gasteiger partial charge on any atom is -0.494 e. The van der Waals surface area contributed by atoms with E-state index < -0.39 is 0 Å². The standard InChI is InChI=1S/C28H37N3O4/c32-27-24-10-4-11-26(22-24)34-21-5-12-25(35-28(33)23-8-2-1-3-9-23)13-18-31-17-7-16-30(19-20-31)15-6-14-29-27/h1-4,8-11,22,25H,5-7,12-21H2,(H,29,32)/t25-/m1/s1. The van der Waals surface area contributed by atoms with Crippen molar-refractivity contribution >= 4 is 11.9 Å². The van der Waals surface area contributed by atoms with Gasteiger partial charge in [0.15, 0.2) is 0 Å². The van der Waals surface area contributed by atoms with Crippen molar-refractivity contribution in [2.24, 2.45) is 0 Å². The van der Waals surface area contributed by atoms with Crippen molar-refractivity contribution in [1.29, 1.82) is 0 Å². The van der Waals surface area contributed by atoms with Crippen molar-refractivity contribution in [2.45, 2.75) is 38.2 Å². The predicted octanol–water partition coefficient (Wildman–Crippen LogP) is 3.60. The highest BCUT2D eigenvalue weighted by atomic mass is 16.5. The SMILES string of the molecule is O=C1NCCCN2CCCN(CC[C@H](OC(=O)c3ccccc3)CCCOc3cccc1c3)CC2. The van der Waals surface area contributed by atoms with Crippen LogP contribution in [0, 0.1) is 0 Å². The summed E-state index contributed by atoms with van der Waals surface area (Å²) in [5, 5.41) is 3.04. The number of amides is 1. The third kappa shape index (κ3) is 8.08. The first-order valence-electron chi connectivity index (χ1n) is 12.9. The summed E-state index contributed by atoms with van der Waals surface area (Å²) in [7, 11) is 0. The molecule has 0 saturated carbocycles. The molecule has 2 heterocycles. The molecule has 2 aliphatic rings. The van der Waals surface area contributed by atoms with E-state index in [1.54, 1.807) is 18.2 Å². The zero-order valence-electron chi connectivity index (χ0n) is 20.5. The summed E-state index contributed by atoms with van der Waals surface area (Å²) in [5.74, 6) is 0.346. The van der Waals surface area contributed by atoms with E-state index in [0.717, 1.165) is 71.4 Å². The molecular formula is C28H37N3O4. The molecular weight excluding hydrogens is 442 g/mol. The molecule has 0 radical (unpaired) electrons. The minimum atomic E-state index is -0.268. The van der Waals surface area contributed by atoms with Gasteiger partial charge in [-0.1, -0.05) is 24.3 Å². The van der Waals surface area contributed by atoms with Crippen molar-refractivity contribution in [3.05, 3.63) is 65.7 Å². The second kappa shape index (κ2) is 13.3. The summed E-state index contributed by atoms with van der Waals surface area (Å²) >= 11 is 0. The highest BCUT2D eigenvalue weighted by Gasteiger charge is 2.20. The number of esters is 1. The Morgan fingerprint density at radius 2 is 1.63 bits per heavy atom. The number of carbonyl (C=O) groups excluding carboxylic acids is 2. The van der Waals surface area contributed by atoms with Gasteiger partial charge in [-0.25, -0.2) is 4.79 Å². The number of fused-ring (bicyclic) bond motifs is 5. The van der Waals surface area contributed by atoms with E-state index in [1.807, 2.05) is 36.4 Å². The summed E-state index contributed by atoms with van der Waals surface area (Å²) in [6, 6.07) is 16.5. The van der Waals surface area contributed by atoms with Gasteiger partial charge in [-0.2, -0.15) is 0 Å². The number of benzene rings is 2. The van der Waals surface area contributed by atoms with Crippen molar-refractivity contribution in [2.75, 3.05) is 52.4 Å². The van der Waals surface area contributed by atoms with Gasteiger partial charge in [0, 0.05) is 31.7 Å². The van der Waals surface area contributed by atoms with Gasteiger partial charge in [0.2, 0.25) is 0 Å². The van der Waals surface area contributed by atoms with Gasteiger partial charge in [-0.3, -0.25) is 4.79 Å². The molecule has 2 aliphatic heterocycles. The van der Waals surface area contributed by atoms with Gasteiger partial charge in [0.1, 0.15) is 11.9 Å². The summed E-state index contributed by atoms with van der Waals surface area (Å²) in [6.07, 6.45) is 4.20. The summed E-state index contributed by atoms with van der Waals surface area (Å²) in [6.45, 7) is 7.25. The molecule has 7 nitrogen and oxygen atoms in total. The lowest BCUT2D eigenvalue weighted by molar-refractivity contribution is 0.0222. The zero-order valence-corrected chi connectivity index (χ0v) is 20.5. The van der Waals surface area contributed by atoms with E-state index in [4.69, 9.17) is 9.47 Å². The van der Waals surface area contributed by atoms with E-state index in [1.165, 1.54) is 0 Å². The molecule has 0 spiro atoms. The molecule has 4 bridgehead atoms. The van der Waals surface area contributed by atoms with Crippen LogP contribution in [0.2, 0.25) is 0 Å². The van der Waals surface area contributed by atoms with Crippen LogP contribution in [0.3, 0.4) is 0 Å². The molecule has 7 heteroatoms. The van der Waals surface area contributed by atoms with E-state index in [0.29, 0.717) is 30.0 Å². The van der Waals surface area contributed by atoms with Crippen molar-refractivity contribution in [3.63, 3.8) is 0 Å². The first kappa shape index (κ1) is 25.2. The number of nitrogens with zero attached hydrogens (tertiary/aromatic N) is 2. The number of carbonyl (C=O) groups is 2. The third-order valence-electron chi connectivity index (χ3n) is 6.70. The smallest absolute Gasteiger partial charge is 0.338 e. The Kier molecular flexibility index (Phi) is 9.55. The molecule has 1 fully saturated rings. The fourth-order valence-electron chi connectivity index (χ4n) is 4.69. The molecule has 188 valence electrons. The number of hydrogen-bond acceptors (Lipinski definition) is 6. The summed E-state index contributed by atoms with van der Waals surface area (Å²) in [5.41, 5.74) is 1.19. The van der Waals surface area contributed by atoms with Crippen LogP contribution in [-0.4, -0.2) is 80.2 Å². The third-order valence-corrected chi connectivity index (χ3v) is 6.70. The molecule has 1 N–H and O–H groups in total. The van der Waals surface area contributed by atoms with Crippen LogP contribution in [0.1, 0.15) is 52.8 Å². The lowest BCUT2D eigenvalue weighted by atomic mass is 10.1. The van der Waals surface area contributed by atoms with Crippen molar-refractivity contribution in [1.82, 2.24) is 15.1 Å². The number of ether oxygens (including phenoxy) is 2. The van der Waals surface area contributed by atoms with E-state index >= 15 is 0 Å². The first-order valence-corrected chi connectivity index (χ1v) is 12.9. The van der Waals surface area contributed by atoms with Crippen LogP contribution in [0.5, 0.6) is 5.75 Å². The highest BCUT2D eigenvalue weighted by Crippen LogP contribution is 2.17. The zero-order chi connectivity index (χ0) is 24.3. The Balaban J connectivity index is 1.42. The van der Waals surface area contributed by atoms with Crippen LogP contribution in [0.15, 0.2) is 54.6 Å². The molecule has 0 aliphatic carbocycles. The van der Waals surface area contributed by atoms with E-state index in [9.17, 15) is 9.59 Å². The molecule has 0 aromatic heterocycles. The quantitative estimate of drug-likeness (QED) is 0.664. The molecule has 4 rings (SSSR count). The Hall–Kier alpha value is -2.90. The molecule has 2 unspecified atom stereocenters. The molecule has 2 aromatic carbocycles. The monoisotopic (exact) mass is 479 g/mol. The lowest BCUT2D eigenvalue weighted by Gasteiger charge is -2.24. The maximum Gasteiger partial charge on any atom is 0.338 e. The van der Waals surface area contributed by atoms with E-state index in [-0.39, 0.29) is 18.0 Å². The average molecular weight is 480 g/mol.